The van der Waals surface area contributed by atoms with E-state index < -0.39 is 0 Å². The van der Waals surface area contributed by atoms with E-state index in [4.69, 9.17) is 4.42 Å². The number of amides is 1. The Kier molecular flexibility index (Phi) is 4.24. The third-order valence-electron chi connectivity index (χ3n) is 4.33. The minimum Gasteiger partial charge on any atom is -0.442 e. The van der Waals surface area contributed by atoms with Crippen molar-refractivity contribution in [1.29, 1.82) is 0 Å². The molecule has 1 fully saturated rings. The van der Waals surface area contributed by atoms with Gasteiger partial charge in [-0.2, -0.15) is 0 Å². The molecular weight excluding hydrogens is 294 g/mol. The lowest BCUT2D eigenvalue weighted by atomic mass is 10.1. The molecule has 6 heteroatoms. The molecule has 3 rings (SSSR count). The highest BCUT2D eigenvalue weighted by Gasteiger charge is 2.25. The molecule has 0 atom stereocenters. The van der Waals surface area contributed by atoms with Crippen LogP contribution in [0.25, 0.3) is 11.1 Å². The SMILES string of the molecule is Cc1oc2ncn(CC(C)C)c(=O)c2c1C(=O)NC1CCCC1. The molecule has 2 aromatic heterocycles. The van der Waals surface area contributed by atoms with Crippen molar-refractivity contribution < 1.29 is 9.21 Å². The zero-order valence-corrected chi connectivity index (χ0v) is 13.9. The largest absolute Gasteiger partial charge is 0.442 e. The van der Waals surface area contributed by atoms with Crippen LogP contribution in [0.15, 0.2) is 15.5 Å². The van der Waals surface area contributed by atoms with E-state index in [1.165, 1.54) is 6.33 Å². The highest BCUT2D eigenvalue weighted by atomic mass is 16.3. The first-order valence-corrected chi connectivity index (χ1v) is 8.26. The molecule has 6 nitrogen and oxygen atoms in total. The Bertz CT molecular complexity index is 782. The van der Waals surface area contributed by atoms with E-state index in [1.54, 1.807) is 11.5 Å². The number of fused-ring (bicyclic) bond motifs is 1. The van der Waals surface area contributed by atoms with Crippen LogP contribution >= 0.6 is 0 Å². The predicted molar refractivity (Wildman–Crippen MR) is 87.6 cm³/mol. The first-order chi connectivity index (χ1) is 11.0. The summed E-state index contributed by atoms with van der Waals surface area (Å²) in [6.45, 7) is 6.34. The zero-order valence-electron chi connectivity index (χ0n) is 13.9. The highest BCUT2D eigenvalue weighted by Crippen LogP contribution is 2.23. The monoisotopic (exact) mass is 317 g/mol. The molecule has 0 aliphatic heterocycles. The fourth-order valence-electron chi connectivity index (χ4n) is 3.26. The molecular formula is C17H23N3O3. The van der Waals surface area contributed by atoms with Gasteiger partial charge in [0.2, 0.25) is 5.71 Å². The summed E-state index contributed by atoms with van der Waals surface area (Å²) in [4.78, 5) is 29.6. The lowest BCUT2D eigenvalue weighted by Crippen LogP contribution is -2.33. The van der Waals surface area contributed by atoms with Gasteiger partial charge in [0.1, 0.15) is 17.5 Å². The number of aromatic nitrogens is 2. The van der Waals surface area contributed by atoms with Crippen LogP contribution < -0.4 is 10.9 Å². The van der Waals surface area contributed by atoms with E-state index in [-0.39, 0.29) is 23.2 Å². The number of furan rings is 1. The predicted octanol–water partition coefficient (Wildman–Crippen LogP) is 2.63. The molecule has 0 bridgehead atoms. The molecule has 0 unspecified atom stereocenters. The van der Waals surface area contributed by atoms with Crippen molar-refractivity contribution in [3.63, 3.8) is 0 Å². The van der Waals surface area contributed by atoms with Gasteiger partial charge in [-0.05, 0) is 25.7 Å². The molecule has 1 N–H and O–H groups in total. The van der Waals surface area contributed by atoms with Gasteiger partial charge in [-0.1, -0.05) is 26.7 Å². The van der Waals surface area contributed by atoms with E-state index in [1.807, 2.05) is 13.8 Å². The van der Waals surface area contributed by atoms with Crippen LogP contribution in [0.1, 0.15) is 55.6 Å². The number of nitrogens with one attached hydrogen (secondary N) is 1. The summed E-state index contributed by atoms with van der Waals surface area (Å²) in [6, 6.07) is 0.196. The van der Waals surface area contributed by atoms with Gasteiger partial charge in [0, 0.05) is 12.6 Å². The molecule has 1 aliphatic rings. The second-order valence-electron chi connectivity index (χ2n) is 6.76. The van der Waals surface area contributed by atoms with Crippen LogP contribution in [0, 0.1) is 12.8 Å². The number of hydrogen-bond acceptors (Lipinski definition) is 4. The standard InChI is InChI=1S/C17H23N3O3/c1-10(2)8-20-9-18-16-14(17(20)22)13(11(3)23-16)15(21)19-12-6-4-5-7-12/h9-10,12H,4-8H2,1-3H3,(H,19,21). The van der Waals surface area contributed by atoms with Crippen LogP contribution in [0.2, 0.25) is 0 Å². The number of carbonyl (C=O) groups excluding carboxylic acids is 1. The topological polar surface area (TPSA) is 77.1 Å². The summed E-state index contributed by atoms with van der Waals surface area (Å²) in [5.41, 5.74) is 0.365. The number of nitrogens with zero attached hydrogens (tertiary/aromatic N) is 2. The molecule has 1 saturated carbocycles. The van der Waals surface area contributed by atoms with E-state index in [2.05, 4.69) is 10.3 Å². The number of carbonyl (C=O) groups is 1. The van der Waals surface area contributed by atoms with Gasteiger partial charge in [-0.3, -0.25) is 14.2 Å². The van der Waals surface area contributed by atoms with E-state index in [0.29, 0.717) is 29.2 Å². The van der Waals surface area contributed by atoms with Gasteiger partial charge in [0.05, 0.1) is 5.56 Å². The maximum atomic E-state index is 12.7. The Morgan fingerprint density at radius 3 is 2.78 bits per heavy atom. The molecule has 1 amide bonds. The summed E-state index contributed by atoms with van der Waals surface area (Å²) >= 11 is 0. The average molecular weight is 317 g/mol. The Morgan fingerprint density at radius 2 is 2.13 bits per heavy atom. The van der Waals surface area contributed by atoms with Crippen molar-refractivity contribution in [1.82, 2.24) is 14.9 Å². The van der Waals surface area contributed by atoms with Gasteiger partial charge < -0.3 is 9.73 Å². The van der Waals surface area contributed by atoms with Crippen LogP contribution in [-0.2, 0) is 6.54 Å². The Morgan fingerprint density at radius 1 is 1.43 bits per heavy atom. The molecule has 2 heterocycles. The summed E-state index contributed by atoms with van der Waals surface area (Å²) in [6.07, 6.45) is 5.76. The minimum atomic E-state index is -0.227. The molecule has 0 radical (unpaired) electrons. The number of hydrogen-bond donors (Lipinski definition) is 1. The van der Waals surface area contributed by atoms with Crippen molar-refractivity contribution in [2.75, 3.05) is 0 Å². The summed E-state index contributed by atoms with van der Waals surface area (Å²) in [5, 5.41) is 3.32. The lowest BCUT2D eigenvalue weighted by molar-refractivity contribution is 0.0937. The molecule has 0 aromatic carbocycles. The molecule has 1 aliphatic carbocycles. The van der Waals surface area contributed by atoms with E-state index in [0.717, 1.165) is 25.7 Å². The fraction of sp³-hybridized carbons (Fsp3) is 0.588. The number of rotatable bonds is 4. The second-order valence-corrected chi connectivity index (χ2v) is 6.76. The van der Waals surface area contributed by atoms with Gasteiger partial charge >= 0.3 is 0 Å². The molecule has 0 saturated heterocycles. The van der Waals surface area contributed by atoms with E-state index >= 15 is 0 Å². The average Bonchev–Trinajstić information content (AvgIpc) is 3.08. The van der Waals surface area contributed by atoms with Gasteiger partial charge in [0.15, 0.2) is 0 Å². The van der Waals surface area contributed by atoms with Crippen LogP contribution in [0.4, 0.5) is 0 Å². The Balaban J connectivity index is 2.03. The van der Waals surface area contributed by atoms with E-state index in [9.17, 15) is 9.59 Å². The Hall–Kier alpha value is -2.11. The summed E-state index contributed by atoms with van der Waals surface area (Å²) in [7, 11) is 0. The van der Waals surface area contributed by atoms with Crippen molar-refractivity contribution in [3.8, 4) is 0 Å². The second kappa shape index (κ2) is 6.18. The summed E-state index contributed by atoms with van der Waals surface area (Å²) < 4.78 is 7.09. The van der Waals surface area contributed by atoms with Crippen LogP contribution in [-0.4, -0.2) is 21.5 Å². The quantitative estimate of drug-likeness (QED) is 0.940. The fourth-order valence-corrected chi connectivity index (χ4v) is 3.26. The van der Waals surface area contributed by atoms with Gasteiger partial charge in [-0.15, -0.1) is 0 Å². The van der Waals surface area contributed by atoms with Crippen molar-refractivity contribution in [2.24, 2.45) is 5.92 Å². The summed E-state index contributed by atoms with van der Waals surface area (Å²) in [5.74, 6) is 0.535. The van der Waals surface area contributed by atoms with Gasteiger partial charge in [0.25, 0.3) is 11.5 Å². The van der Waals surface area contributed by atoms with Crippen molar-refractivity contribution in [3.05, 3.63) is 28.0 Å². The molecule has 124 valence electrons. The smallest absolute Gasteiger partial charge is 0.265 e. The van der Waals surface area contributed by atoms with Crippen LogP contribution in [0.5, 0.6) is 0 Å². The van der Waals surface area contributed by atoms with Crippen LogP contribution in [0.3, 0.4) is 0 Å². The normalized spacial score (nSPS) is 15.7. The highest BCUT2D eigenvalue weighted by molar-refractivity contribution is 6.06. The molecule has 2 aromatic rings. The molecule has 0 spiro atoms. The first kappa shape index (κ1) is 15.8. The number of aryl methyl sites for hydroxylation is 1. The maximum Gasteiger partial charge on any atom is 0.265 e. The third-order valence-corrected chi connectivity index (χ3v) is 4.33. The van der Waals surface area contributed by atoms with Crippen molar-refractivity contribution >= 4 is 17.0 Å². The Labute approximate surface area is 134 Å². The maximum absolute atomic E-state index is 12.7. The first-order valence-electron chi connectivity index (χ1n) is 8.26. The van der Waals surface area contributed by atoms with Gasteiger partial charge in [-0.25, -0.2) is 4.98 Å². The minimum absolute atomic E-state index is 0.196. The lowest BCUT2D eigenvalue weighted by Gasteiger charge is -2.11. The third kappa shape index (κ3) is 3.02. The van der Waals surface area contributed by atoms with Crippen molar-refractivity contribution in [2.45, 2.75) is 59.0 Å². The zero-order chi connectivity index (χ0) is 16.6. The molecule has 23 heavy (non-hydrogen) atoms.